The van der Waals surface area contributed by atoms with Gasteiger partial charge in [-0.25, -0.2) is 14.2 Å². The van der Waals surface area contributed by atoms with Crippen LogP contribution in [0.5, 0.6) is 0 Å². The average Bonchev–Trinajstić information content (AvgIpc) is 2.74. The molecule has 0 aliphatic carbocycles. The Morgan fingerprint density at radius 1 is 1.20 bits per heavy atom. The van der Waals surface area contributed by atoms with Crippen molar-refractivity contribution in [3.8, 4) is 0 Å². The van der Waals surface area contributed by atoms with E-state index in [2.05, 4.69) is 15.2 Å². The number of halogens is 1. The summed E-state index contributed by atoms with van der Waals surface area (Å²) in [6.07, 6.45) is 4.37. The maximum atomic E-state index is 14.3. The van der Waals surface area contributed by atoms with E-state index < -0.39 is 17.8 Å². The molecule has 0 spiro atoms. The van der Waals surface area contributed by atoms with E-state index in [9.17, 15) is 19.1 Å². The molecule has 0 amide bonds. The normalized spacial score (nSPS) is 15.2. The van der Waals surface area contributed by atoms with E-state index in [0.717, 1.165) is 38.5 Å². The molecule has 1 aliphatic heterocycles. The van der Waals surface area contributed by atoms with Gasteiger partial charge in [0.1, 0.15) is 17.3 Å². The Bertz CT molecular complexity index is 1150. The van der Waals surface area contributed by atoms with Crippen LogP contribution in [-0.2, 0) is 0 Å². The minimum atomic E-state index is -1.06. The fourth-order valence-electron chi connectivity index (χ4n) is 3.89. The largest absolute Gasteiger partial charge is 0.478 e. The molecule has 1 saturated heterocycles. The Labute approximate surface area is 172 Å². The molecule has 4 rings (SSSR count). The second-order valence-corrected chi connectivity index (χ2v) is 7.52. The molecule has 1 fully saturated rings. The predicted octanol–water partition coefficient (Wildman–Crippen LogP) is 3.70. The van der Waals surface area contributed by atoms with Crippen LogP contribution in [0.25, 0.3) is 5.65 Å². The van der Waals surface area contributed by atoms with E-state index in [1.807, 2.05) is 0 Å². The van der Waals surface area contributed by atoms with Gasteiger partial charge >= 0.3 is 5.97 Å². The van der Waals surface area contributed by atoms with Gasteiger partial charge in [0.25, 0.3) is 5.56 Å². The topological polar surface area (TPSA) is 86.9 Å². The van der Waals surface area contributed by atoms with E-state index in [1.165, 1.54) is 22.6 Å². The summed E-state index contributed by atoms with van der Waals surface area (Å²) < 4.78 is 15.5. The van der Waals surface area contributed by atoms with E-state index >= 15 is 0 Å². The zero-order valence-corrected chi connectivity index (χ0v) is 16.6. The van der Waals surface area contributed by atoms with Crippen LogP contribution in [0.15, 0.2) is 47.4 Å². The molecule has 1 unspecified atom stereocenters. The number of piperidine rings is 1. The van der Waals surface area contributed by atoms with Gasteiger partial charge in [-0.2, -0.15) is 0 Å². The minimum Gasteiger partial charge on any atom is -0.478 e. The average molecular weight is 410 g/mol. The van der Waals surface area contributed by atoms with Gasteiger partial charge in [0.2, 0.25) is 0 Å². The SMILES string of the molecule is CC(Nc1ccccc1C(=O)O)c1cc(F)cn2c(=O)cc(N3CCCCC3)nc12. The van der Waals surface area contributed by atoms with Gasteiger partial charge in [-0.05, 0) is 44.4 Å². The molecule has 8 heteroatoms. The van der Waals surface area contributed by atoms with Crippen molar-refractivity contribution >= 4 is 23.1 Å². The number of anilines is 2. The molecule has 1 aromatic carbocycles. The molecular weight excluding hydrogens is 387 g/mol. The molecule has 1 aliphatic rings. The van der Waals surface area contributed by atoms with E-state index in [-0.39, 0.29) is 11.1 Å². The summed E-state index contributed by atoms with van der Waals surface area (Å²) >= 11 is 0. The fourth-order valence-corrected chi connectivity index (χ4v) is 3.89. The number of benzene rings is 1. The first kappa shape index (κ1) is 19.9. The van der Waals surface area contributed by atoms with Gasteiger partial charge in [-0.1, -0.05) is 12.1 Å². The first-order valence-corrected chi connectivity index (χ1v) is 10.0. The zero-order valence-electron chi connectivity index (χ0n) is 16.6. The molecule has 0 radical (unpaired) electrons. The van der Waals surface area contributed by atoms with Crippen molar-refractivity contribution in [2.45, 2.75) is 32.2 Å². The highest BCUT2D eigenvalue weighted by atomic mass is 19.1. The van der Waals surface area contributed by atoms with Crippen LogP contribution in [0.2, 0.25) is 0 Å². The number of carboxylic acid groups (broad SMARTS) is 1. The monoisotopic (exact) mass is 410 g/mol. The third-order valence-electron chi connectivity index (χ3n) is 5.42. The van der Waals surface area contributed by atoms with Crippen molar-refractivity contribution in [2.24, 2.45) is 0 Å². The van der Waals surface area contributed by atoms with E-state index in [4.69, 9.17) is 0 Å². The molecule has 0 bridgehead atoms. The van der Waals surface area contributed by atoms with Gasteiger partial charge in [0.15, 0.2) is 0 Å². The number of fused-ring (bicyclic) bond motifs is 1. The summed E-state index contributed by atoms with van der Waals surface area (Å²) in [5, 5.41) is 12.5. The molecule has 2 N–H and O–H groups in total. The van der Waals surface area contributed by atoms with Crippen molar-refractivity contribution in [1.82, 2.24) is 9.38 Å². The lowest BCUT2D eigenvalue weighted by Crippen LogP contribution is -2.32. The van der Waals surface area contributed by atoms with Gasteiger partial charge in [-0.15, -0.1) is 0 Å². The Hall–Kier alpha value is -3.42. The van der Waals surface area contributed by atoms with Crippen molar-refractivity contribution in [1.29, 1.82) is 0 Å². The van der Waals surface area contributed by atoms with Crippen molar-refractivity contribution in [3.63, 3.8) is 0 Å². The second-order valence-electron chi connectivity index (χ2n) is 7.52. The lowest BCUT2D eigenvalue weighted by atomic mass is 10.1. The van der Waals surface area contributed by atoms with Crippen molar-refractivity contribution in [3.05, 3.63) is 69.9 Å². The number of pyridine rings is 1. The van der Waals surface area contributed by atoms with Crippen LogP contribution in [0, 0.1) is 5.82 Å². The van der Waals surface area contributed by atoms with Crippen LogP contribution >= 0.6 is 0 Å². The molecule has 0 saturated carbocycles. The maximum absolute atomic E-state index is 14.3. The smallest absolute Gasteiger partial charge is 0.337 e. The van der Waals surface area contributed by atoms with E-state index in [1.54, 1.807) is 25.1 Å². The molecule has 3 heterocycles. The molecule has 7 nitrogen and oxygen atoms in total. The van der Waals surface area contributed by atoms with Gasteiger partial charge in [0, 0.05) is 36.6 Å². The Morgan fingerprint density at radius 3 is 2.67 bits per heavy atom. The quantitative estimate of drug-likeness (QED) is 0.667. The molecule has 156 valence electrons. The minimum absolute atomic E-state index is 0.115. The summed E-state index contributed by atoms with van der Waals surface area (Å²) in [5.74, 6) is -1.03. The number of hydrogen-bond acceptors (Lipinski definition) is 5. The van der Waals surface area contributed by atoms with Crippen molar-refractivity contribution < 1.29 is 14.3 Å². The van der Waals surface area contributed by atoms with Gasteiger partial charge in [-0.3, -0.25) is 9.20 Å². The number of carbonyl (C=O) groups is 1. The second kappa shape index (κ2) is 8.14. The molecular formula is C22H23FN4O3. The van der Waals surface area contributed by atoms with Gasteiger partial charge < -0.3 is 15.3 Å². The first-order chi connectivity index (χ1) is 14.4. The Kier molecular flexibility index (Phi) is 5.39. The van der Waals surface area contributed by atoms with Gasteiger partial charge in [0.05, 0.1) is 11.6 Å². The summed E-state index contributed by atoms with van der Waals surface area (Å²) in [5.41, 5.74) is 1.02. The molecule has 1 atom stereocenters. The number of nitrogens with one attached hydrogen (secondary N) is 1. The highest BCUT2D eigenvalue weighted by Crippen LogP contribution is 2.26. The summed E-state index contributed by atoms with van der Waals surface area (Å²) in [7, 11) is 0. The third-order valence-corrected chi connectivity index (χ3v) is 5.42. The summed E-state index contributed by atoms with van der Waals surface area (Å²) in [6.45, 7) is 3.45. The van der Waals surface area contributed by atoms with Crippen LogP contribution in [-0.4, -0.2) is 33.6 Å². The highest BCUT2D eigenvalue weighted by molar-refractivity contribution is 5.94. The lowest BCUT2D eigenvalue weighted by molar-refractivity contribution is 0.0698. The van der Waals surface area contributed by atoms with Crippen LogP contribution in [0.3, 0.4) is 0 Å². The number of hydrogen-bond donors (Lipinski definition) is 2. The number of rotatable bonds is 5. The number of nitrogens with zero attached hydrogens (tertiary/aromatic N) is 3. The Balaban J connectivity index is 1.78. The first-order valence-electron chi connectivity index (χ1n) is 10.0. The third kappa shape index (κ3) is 3.85. The van der Waals surface area contributed by atoms with E-state index in [0.29, 0.717) is 22.7 Å². The van der Waals surface area contributed by atoms with Crippen molar-refractivity contribution in [2.75, 3.05) is 23.3 Å². The summed E-state index contributed by atoms with van der Waals surface area (Å²) in [4.78, 5) is 31.0. The standard InChI is InChI=1S/C22H23FN4O3/c1-14(24-18-8-4-3-7-16(18)22(29)30)17-11-15(23)13-27-20(28)12-19(25-21(17)27)26-9-5-2-6-10-26/h3-4,7-8,11-14,24H,2,5-6,9-10H2,1H3,(H,29,30). The number of carboxylic acids is 1. The van der Waals surface area contributed by atoms with Crippen LogP contribution < -0.4 is 15.8 Å². The number of para-hydroxylation sites is 1. The lowest BCUT2D eigenvalue weighted by Gasteiger charge is -2.28. The summed E-state index contributed by atoms with van der Waals surface area (Å²) in [6, 6.07) is 8.81. The molecule has 3 aromatic rings. The molecule has 30 heavy (non-hydrogen) atoms. The predicted molar refractivity (Wildman–Crippen MR) is 113 cm³/mol. The number of aromatic carboxylic acids is 1. The van der Waals surface area contributed by atoms with Crippen LogP contribution in [0.1, 0.15) is 48.1 Å². The highest BCUT2D eigenvalue weighted by Gasteiger charge is 2.19. The number of aromatic nitrogens is 2. The zero-order chi connectivity index (χ0) is 21.3. The maximum Gasteiger partial charge on any atom is 0.337 e. The van der Waals surface area contributed by atoms with Crippen LogP contribution in [0.4, 0.5) is 15.9 Å². The fraction of sp³-hybridized carbons (Fsp3) is 0.318. The Morgan fingerprint density at radius 2 is 1.93 bits per heavy atom. The molecule has 2 aromatic heterocycles.